The molecule has 0 aliphatic rings. The number of hydrogen-bond donors (Lipinski definition) is 3. The number of carboxylic acid groups (broad SMARTS) is 1. The van der Waals surface area contributed by atoms with Crippen LogP contribution in [-0.2, 0) is 9.59 Å². The van der Waals surface area contributed by atoms with Gasteiger partial charge in [-0.1, -0.05) is 0 Å². The first kappa shape index (κ1) is 16.5. The van der Waals surface area contributed by atoms with Gasteiger partial charge in [0.25, 0.3) is 0 Å². The molecule has 1 rings (SSSR count). The highest BCUT2D eigenvalue weighted by atomic mass is 32.2. The molecule has 0 fully saturated rings. The summed E-state index contributed by atoms with van der Waals surface area (Å²) in [6.45, 7) is 3.35. The third-order valence-electron chi connectivity index (χ3n) is 2.63. The lowest BCUT2D eigenvalue weighted by Crippen LogP contribution is -2.47. The summed E-state index contributed by atoms with van der Waals surface area (Å²) < 4.78 is -0.767. The van der Waals surface area contributed by atoms with E-state index in [4.69, 9.17) is 16.1 Å². The highest BCUT2D eigenvalue weighted by molar-refractivity contribution is 8.01. The lowest BCUT2D eigenvalue weighted by atomic mass is 10.1. The fourth-order valence-electron chi connectivity index (χ4n) is 1.30. The molecular formula is C12H15N3O3S2. The van der Waals surface area contributed by atoms with Gasteiger partial charge in [-0.2, -0.15) is 5.26 Å². The maximum absolute atomic E-state index is 11.8. The second kappa shape index (κ2) is 6.74. The molecule has 0 saturated heterocycles. The molecule has 8 heteroatoms. The van der Waals surface area contributed by atoms with E-state index in [2.05, 4.69) is 5.32 Å². The molecule has 6 nitrogen and oxygen atoms in total. The molecule has 108 valence electrons. The number of nitrogens with one attached hydrogen (secondary N) is 1. The number of nitrogens with zero attached hydrogens (tertiary/aromatic N) is 1. The fourth-order valence-corrected chi connectivity index (χ4v) is 2.90. The minimum Gasteiger partial charge on any atom is -0.480 e. The van der Waals surface area contributed by atoms with Gasteiger partial charge in [0.2, 0.25) is 5.91 Å². The van der Waals surface area contributed by atoms with Crippen LogP contribution in [0.15, 0.2) is 11.4 Å². The van der Waals surface area contributed by atoms with Gasteiger partial charge in [-0.05, 0) is 25.3 Å². The number of hydrogen-bond acceptors (Lipinski definition) is 6. The van der Waals surface area contributed by atoms with Crippen LogP contribution in [0.25, 0.3) is 0 Å². The molecule has 0 spiro atoms. The van der Waals surface area contributed by atoms with Crippen LogP contribution in [0.1, 0.15) is 19.4 Å². The maximum Gasteiger partial charge on any atom is 0.321 e. The van der Waals surface area contributed by atoms with Crippen molar-refractivity contribution >= 4 is 40.0 Å². The smallest absolute Gasteiger partial charge is 0.321 e. The number of carbonyl (C=O) groups is 2. The van der Waals surface area contributed by atoms with Crippen molar-refractivity contribution in [3.8, 4) is 6.07 Å². The maximum atomic E-state index is 11.8. The van der Waals surface area contributed by atoms with Crippen molar-refractivity contribution in [1.82, 2.24) is 0 Å². The standard InChI is InChI=1S/C12H15N3O3S2/c1-12(2,9(14)11(17)18)20-6-8(16)15-10-7(5-13)3-4-19-10/h3-4,9H,6,14H2,1-2H3,(H,15,16)(H,17,18)/t9-/m1/s1. The third kappa shape index (κ3) is 4.23. The second-order valence-corrected chi connectivity index (χ2v) is 7.08. The van der Waals surface area contributed by atoms with E-state index in [1.807, 2.05) is 6.07 Å². The largest absolute Gasteiger partial charge is 0.480 e. The first-order valence-electron chi connectivity index (χ1n) is 5.67. The number of thiophene rings is 1. The minimum atomic E-state index is -1.10. The Kier molecular flexibility index (Phi) is 5.56. The average molecular weight is 313 g/mol. The average Bonchev–Trinajstić information content (AvgIpc) is 2.82. The van der Waals surface area contributed by atoms with Gasteiger partial charge in [0.05, 0.1) is 11.3 Å². The Morgan fingerprint density at radius 2 is 2.30 bits per heavy atom. The zero-order valence-corrected chi connectivity index (χ0v) is 12.7. The van der Waals surface area contributed by atoms with Gasteiger partial charge in [-0.25, -0.2) is 0 Å². The van der Waals surface area contributed by atoms with Gasteiger partial charge in [0.15, 0.2) is 0 Å². The van der Waals surface area contributed by atoms with Gasteiger partial charge in [0, 0.05) is 4.75 Å². The van der Waals surface area contributed by atoms with Crippen LogP contribution in [-0.4, -0.2) is 33.5 Å². The molecule has 0 unspecified atom stereocenters. The highest BCUT2D eigenvalue weighted by Gasteiger charge is 2.33. The van der Waals surface area contributed by atoms with E-state index in [-0.39, 0.29) is 11.7 Å². The topological polar surface area (TPSA) is 116 Å². The summed E-state index contributed by atoms with van der Waals surface area (Å²) >= 11 is 2.43. The summed E-state index contributed by atoms with van der Waals surface area (Å²) in [6.07, 6.45) is 0. The number of nitriles is 1. The predicted octanol–water partition coefficient (Wildman–Crippen LogP) is 1.48. The molecule has 0 aliphatic carbocycles. The SMILES string of the molecule is CC(C)(SCC(=O)Nc1sccc1C#N)[C@H](N)C(=O)O. The van der Waals surface area contributed by atoms with E-state index >= 15 is 0 Å². The Labute approximate surface area is 125 Å². The van der Waals surface area contributed by atoms with Crippen LogP contribution in [0, 0.1) is 11.3 Å². The van der Waals surface area contributed by atoms with Crippen molar-refractivity contribution in [2.45, 2.75) is 24.6 Å². The molecule has 1 aromatic heterocycles. The van der Waals surface area contributed by atoms with E-state index in [1.54, 1.807) is 25.3 Å². The molecule has 0 aromatic carbocycles. The number of anilines is 1. The fraction of sp³-hybridized carbons (Fsp3) is 0.417. The summed E-state index contributed by atoms with van der Waals surface area (Å²) in [5.41, 5.74) is 5.98. The summed E-state index contributed by atoms with van der Waals surface area (Å²) in [6, 6.07) is 2.54. The van der Waals surface area contributed by atoms with Crippen LogP contribution < -0.4 is 11.1 Å². The summed E-state index contributed by atoms with van der Waals surface area (Å²) in [4.78, 5) is 22.7. The normalized spacial score (nSPS) is 12.5. The number of carboxylic acids is 1. The molecule has 1 atom stereocenters. The Balaban J connectivity index is 2.56. The monoisotopic (exact) mass is 313 g/mol. The summed E-state index contributed by atoms with van der Waals surface area (Å²) in [5, 5.41) is 22.6. The number of carbonyl (C=O) groups excluding carboxylic acids is 1. The van der Waals surface area contributed by atoms with Crippen LogP contribution >= 0.6 is 23.1 Å². The van der Waals surface area contributed by atoms with Crippen molar-refractivity contribution in [2.75, 3.05) is 11.1 Å². The molecule has 0 radical (unpaired) electrons. The number of amides is 1. The highest BCUT2D eigenvalue weighted by Crippen LogP contribution is 2.28. The molecule has 0 aliphatic heterocycles. The van der Waals surface area contributed by atoms with Crippen LogP contribution in [0.2, 0.25) is 0 Å². The van der Waals surface area contributed by atoms with Crippen LogP contribution in [0.4, 0.5) is 5.00 Å². The zero-order valence-electron chi connectivity index (χ0n) is 11.0. The predicted molar refractivity (Wildman–Crippen MR) is 79.8 cm³/mol. The van der Waals surface area contributed by atoms with Crippen molar-refractivity contribution < 1.29 is 14.7 Å². The molecule has 0 bridgehead atoms. The van der Waals surface area contributed by atoms with Crippen molar-refractivity contribution in [3.05, 3.63) is 17.0 Å². The van der Waals surface area contributed by atoms with Gasteiger partial charge in [-0.15, -0.1) is 23.1 Å². The van der Waals surface area contributed by atoms with Gasteiger partial charge in [0.1, 0.15) is 17.1 Å². The van der Waals surface area contributed by atoms with E-state index < -0.39 is 16.8 Å². The third-order valence-corrected chi connectivity index (χ3v) is 4.86. The zero-order chi connectivity index (χ0) is 15.3. The summed E-state index contributed by atoms with van der Waals surface area (Å²) in [7, 11) is 0. The number of rotatable bonds is 6. The van der Waals surface area contributed by atoms with Crippen molar-refractivity contribution in [3.63, 3.8) is 0 Å². The minimum absolute atomic E-state index is 0.0662. The van der Waals surface area contributed by atoms with Gasteiger partial charge >= 0.3 is 5.97 Å². The Bertz CT molecular complexity index is 548. The lowest BCUT2D eigenvalue weighted by Gasteiger charge is -2.27. The van der Waals surface area contributed by atoms with E-state index in [9.17, 15) is 9.59 Å². The molecule has 0 saturated carbocycles. The molecule has 20 heavy (non-hydrogen) atoms. The first-order valence-corrected chi connectivity index (χ1v) is 7.54. The van der Waals surface area contributed by atoms with E-state index in [0.29, 0.717) is 10.6 Å². The van der Waals surface area contributed by atoms with Gasteiger partial charge < -0.3 is 16.2 Å². The lowest BCUT2D eigenvalue weighted by molar-refractivity contribution is -0.139. The summed E-state index contributed by atoms with van der Waals surface area (Å²) in [5.74, 6) is -1.33. The molecule has 1 amide bonds. The van der Waals surface area contributed by atoms with Crippen LogP contribution in [0.5, 0.6) is 0 Å². The van der Waals surface area contributed by atoms with Gasteiger partial charge in [-0.3, -0.25) is 9.59 Å². The van der Waals surface area contributed by atoms with Crippen LogP contribution in [0.3, 0.4) is 0 Å². The molecule has 1 aromatic rings. The van der Waals surface area contributed by atoms with E-state index in [1.165, 1.54) is 11.3 Å². The molecule has 1 heterocycles. The number of thioether (sulfide) groups is 1. The second-order valence-electron chi connectivity index (χ2n) is 4.53. The first-order chi connectivity index (χ1) is 9.27. The molecule has 4 N–H and O–H groups in total. The van der Waals surface area contributed by atoms with Crippen molar-refractivity contribution in [1.29, 1.82) is 5.26 Å². The number of aliphatic carboxylic acids is 1. The van der Waals surface area contributed by atoms with E-state index in [0.717, 1.165) is 11.8 Å². The number of nitrogens with two attached hydrogens (primary N) is 1. The van der Waals surface area contributed by atoms with Crippen molar-refractivity contribution in [2.24, 2.45) is 5.73 Å². The Hall–Kier alpha value is -1.56. The Morgan fingerprint density at radius 1 is 1.65 bits per heavy atom. The quantitative estimate of drug-likeness (QED) is 0.732. The molecular weight excluding hydrogens is 298 g/mol. The Morgan fingerprint density at radius 3 is 2.85 bits per heavy atom.